The molecule has 20 heavy (non-hydrogen) atoms. The number of hydrogen-bond donors (Lipinski definition) is 2. The summed E-state index contributed by atoms with van der Waals surface area (Å²) in [5, 5.41) is 18.6. The van der Waals surface area contributed by atoms with Gasteiger partial charge >= 0.3 is 0 Å². The first-order chi connectivity index (χ1) is 9.45. The molecule has 0 amide bonds. The Morgan fingerprint density at radius 3 is 2.60 bits per heavy atom. The Bertz CT molecular complexity index is 627. The van der Waals surface area contributed by atoms with Gasteiger partial charge in [0.1, 0.15) is 0 Å². The number of phenols is 2. The van der Waals surface area contributed by atoms with Crippen molar-refractivity contribution in [2.75, 3.05) is 13.6 Å². The number of carbonyl (C=O) groups excluding carboxylic acids is 1. The minimum Gasteiger partial charge on any atom is -0.504 e. The molecule has 0 unspecified atom stereocenters. The minimum absolute atomic E-state index is 0.120. The molecule has 0 aliphatic rings. The smallest absolute Gasteiger partial charge is 0.176 e. The van der Waals surface area contributed by atoms with Gasteiger partial charge in [0.25, 0.3) is 0 Å². The second kappa shape index (κ2) is 6.26. The number of Topliss-reactive ketones (excluding diaryl/α,β-unsaturated/α-hetero) is 1. The summed E-state index contributed by atoms with van der Waals surface area (Å²) < 4.78 is 0.725. The molecule has 106 valence electrons. The van der Waals surface area contributed by atoms with Crippen LogP contribution in [0.25, 0.3) is 0 Å². The van der Waals surface area contributed by atoms with Gasteiger partial charge in [-0.05, 0) is 37.4 Å². The monoisotopic (exact) mass is 311 g/mol. The van der Waals surface area contributed by atoms with Gasteiger partial charge in [-0.15, -0.1) is 11.3 Å². The predicted molar refractivity (Wildman–Crippen MR) is 79.8 cm³/mol. The van der Waals surface area contributed by atoms with E-state index in [1.54, 1.807) is 0 Å². The first kappa shape index (κ1) is 14.8. The van der Waals surface area contributed by atoms with E-state index in [1.807, 2.05) is 24.1 Å². The van der Waals surface area contributed by atoms with Crippen LogP contribution in [-0.4, -0.2) is 34.5 Å². The summed E-state index contributed by atoms with van der Waals surface area (Å²) in [6.45, 7) is 0.854. The molecule has 0 spiro atoms. The van der Waals surface area contributed by atoms with Crippen LogP contribution in [0.5, 0.6) is 11.5 Å². The Hall–Kier alpha value is -1.56. The average molecular weight is 312 g/mol. The molecule has 0 saturated carbocycles. The van der Waals surface area contributed by atoms with Crippen molar-refractivity contribution in [2.45, 2.75) is 6.54 Å². The topological polar surface area (TPSA) is 60.8 Å². The fourth-order valence-electron chi connectivity index (χ4n) is 1.79. The van der Waals surface area contributed by atoms with Crippen molar-refractivity contribution in [3.63, 3.8) is 0 Å². The molecular weight excluding hydrogens is 298 g/mol. The number of ketones is 1. The van der Waals surface area contributed by atoms with Crippen molar-refractivity contribution in [1.29, 1.82) is 0 Å². The molecule has 6 heteroatoms. The maximum atomic E-state index is 12.1. The number of halogens is 1. The van der Waals surface area contributed by atoms with Crippen molar-refractivity contribution >= 4 is 28.7 Å². The van der Waals surface area contributed by atoms with Crippen LogP contribution in [0.1, 0.15) is 15.2 Å². The molecule has 4 nitrogen and oxygen atoms in total. The number of rotatable bonds is 5. The number of likely N-dealkylation sites (N-methyl/N-ethyl adjacent to an activating group) is 1. The highest BCUT2D eigenvalue weighted by Crippen LogP contribution is 2.25. The van der Waals surface area contributed by atoms with Crippen molar-refractivity contribution in [3.05, 3.63) is 45.1 Å². The van der Waals surface area contributed by atoms with Crippen LogP contribution in [0.2, 0.25) is 4.34 Å². The van der Waals surface area contributed by atoms with Gasteiger partial charge in [0, 0.05) is 17.0 Å². The quantitative estimate of drug-likeness (QED) is 0.658. The summed E-state index contributed by atoms with van der Waals surface area (Å²) in [6, 6.07) is 7.83. The van der Waals surface area contributed by atoms with Gasteiger partial charge < -0.3 is 10.2 Å². The molecule has 0 aliphatic heterocycles. The Kier molecular flexibility index (Phi) is 4.65. The maximum Gasteiger partial charge on any atom is 0.176 e. The molecule has 0 radical (unpaired) electrons. The highest BCUT2D eigenvalue weighted by atomic mass is 35.5. The van der Waals surface area contributed by atoms with Crippen molar-refractivity contribution in [3.8, 4) is 11.5 Å². The summed E-state index contributed by atoms with van der Waals surface area (Å²) in [7, 11) is 1.84. The first-order valence-corrected chi connectivity index (χ1v) is 7.13. The SMILES string of the molecule is CN(CC(=O)c1ccc(O)c(O)c1)Cc1ccc(Cl)s1. The summed E-state index contributed by atoms with van der Waals surface area (Å²) in [6.07, 6.45) is 0. The number of hydrogen-bond acceptors (Lipinski definition) is 5. The molecule has 0 bridgehead atoms. The highest BCUT2D eigenvalue weighted by Gasteiger charge is 2.12. The molecule has 0 atom stereocenters. The summed E-state index contributed by atoms with van der Waals surface area (Å²) in [5.74, 6) is -0.642. The zero-order valence-electron chi connectivity index (χ0n) is 10.8. The van der Waals surface area contributed by atoms with Gasteiger partial charge in [0.05, 0.1) is 10.9 Å². The fraction of sp³-hybridized carbons (Fsp3) is 0.214. The molecule has 0 fully saturated rings. The van der Waals surface area contributed by atoms with Gasteiger partial charge in [-0.2, -0.15) is 0 Å². The minimum atomic E-state index is -0.288. The van der Waals surface area contributed by atoms with Crippen LogP contribution >= 0.6 is 22.9 Å². The van der Waals surface area contributed by atoms with E-state index in [0.29, 0.717) is 12.1 Å². The third-order valence-electron chi connectivity index (χ3n) is 2.77. The number of phenolic OH excluding ortho intramolecular Hbond substituents is 2. The van der Waals surface area contributed by atoms with E-state index in [0.717, 1.165) is 9.21 Å². The van der Waals surface area contributed by atoms with E-state index in [2.05, 4.69) is 0 Å². The standard InChI is InChI=1S/C14H14ClNO3S/c1-16(7-10-3-5-14(15)20-10)8-13(19)9-2-4-11(17)12(18)6-9/h2-6,17-18H,7-8H2,1H3. The lowest BCUT2D eigenvalue weighted by Crippen LogP contribution is -2.25. The first-order valence-electron chi connectivity index (χ1n) is 5.93. The van der Waals surface area contributed by atoms with Crippen LogP contribution in [0.4, 0.5) is 0 Å². The number of benzene rings is 1. The van der Waals surface area contributed by atoms with E-state index < -0.39 is 0 Å². The van der Waals surface area contributed by atoms with Crippen LogP contribution in [0.15, 0.2) is 30.3 Å². The summed E-state index contributed by atoms with van der Waals surface area (Å²) in [5.41, 5.74) is 0.372. The third-order valence-corrected chi connectivity index (χ3v) is 3.98. The van der Waals surface area contributed by atoms with Crippen molar-refractivity contribution in [2.24, 2.45) is 0 Å². The Labute approximate surface area is 125 Å². The maximum absolute atomic E-state index is 12.1. The van der Waals surface area contributed by atoms with Crippen molar-refractivity contribution < 1.29 is 15.0 Å². The predicted octanol–water partition coefficient (Wildman–Crippen LogP) is 3.13. The van der Waals surface area contributed by atoms with Crippen LogP contribution < -0.4 is 0 Å². The largest absolute Gasteiger partial charge is 0.504 e. The van der Waals surface area contributed by atoms with E-state index in [4.69, 9.17) is 11.6 Å². The van der Waals surface area contributed by atoms with E-state index >= 15 is 0 Å². The molecule has 2 rings (SSSR count). The number of aromatic hydroxyl groups is 2. The lowest BCUT2D eigenvalue weighted by Gasteiger charge is -2.14. The molecule has 1 aromatic carbocycles. The summed E-state index contributed by atoms with van der Waals surface area (Å²) in [4.78, 5) is 15.0. The molecule has 2 N–H and O–H groups in total. The van der Waals surface area contributed by atoms with Gasteiger partial charge in [-0.1, -0.05) is 11.6 Å². The second-order valence-electron chi connectivity index (χ2n) is 4.50. The zero-order valence-corrected chi connectivity index (χ0v) is 12.4. The number of carbonyl (C=O) groups is 1. The molecule has 1 heterocycles. The lowest BCUT2D eigenvalue weighted by atomic mass is 10.1. The van der Waals surface area contributed by atoms with Crippen LogP contribution in [0.3, 0.4) is 0 Å². The van der Waals surface area contributed by atoms with Gasteiger partial charge in [0.2, 0.25) is 0 Å². The van der Waals surface area contributed by atoms with Gasteiger partial charge in [-0.3, -0.25) is 9.69 Å². The average Bonchev–Trinajstić information content (AvgIpc) is 2.77. The highest BCUT2D eigenvalue weighted by molar-refractivity contribution is 7.16. The molecule has 0 aliphatic carbocycles. The third kappa shape index (κ3) is 3.72. The van der Waals surface area contributed by atoms with Crippen LogP contribution in [-0.2, 0) is 6.54 Å². The Morgan fingerprint density at radius 1 is 1.25 bits per heavy atom. The van der Waals surface area contributed by atoms with Crippen molar-refractivity contribution in [1.82, 2.24) is 4.90 Å². The molecule has 0 saturated heterocycles. The number of nitrogens with zero attached hydrogens (tertiary/aromatic N) is 1. The second-order valence-corrected chi connectivity index (χ2v) is 6.30. The zero-order chi connectivity index (χ0) is 14.7. The normalized spacial score (nSPS) is 10.9. The van der Waals surface area contributed by atoms with Crippen LogP contribution in [0, 0.1) is 0 Å². The van der Waals surface area contributed by atoms with E-state index in [-0.39, 0.29) is 23.8 Å². The van der Waals surface area contributed by atoms with E-state index in [1.165, 1.54) is 29.5 Å². The molecule has 1 aromatic heterocycles. The van der Waals surface area contributed by atoms with E-state index in [9.17, 15) is 15.0 Å². The lowest BCUT2D eigenvalue weighted by molar-refractivity contribution is 0.0943. The van der Waals surface area contributed by atoms with Gasteiger partial charge in [-0.25, -0.2) is 0 Å². The summed E-state index contributed by atoms with van der Waals surface area (Å²) >= 11 is 7.34. The van der Waals surface area contributed by atoms with Gasteiger partial charge in [0.15, 0.2) is 17.3 Å². The number of thiophene rings is 1. The molecular formula is C14H14ClNO3S. The molecule has 2 aromatic rings. The fourth-order valence-corrected chi connectivity index (χ4v) is 2.96. The Balaban J connectivity index is 1.98. The Morgan fingerprint density at radius 2 is 2.00 bits per heavy atom.